The zero-order valence-electron chi connectivity index (χ0n) is 19.5. The zero-order valence-corrected chi connectivity index (χ0v) is 19.5. The Bertz CT molecular complexity index is 1150. The average Bonchev–Trinajstić information content (AvgIpc) is 2.81. The molecule has 0 spiro atoms. The van der Waals surface area contributed by atoms with Gasteiger partial charge in [0, 0.05) is 17.7 Å². The molecule has 0 fully saturated rings. The van der Waals surface area contributed by atoms with Crippen LogP contribution in [-0.4, -0.2) is 50.4 Å². The van der Waals surface area contributed by atoms with E-state index in [-0.39, 0.29) is 5.97 Å². The van der Waals surface area contributed by atoms with Crippen molar-refractivity contribution in [2.75, 3.05) is 33.9 Å². The first-order chi connectivity index (χ1) is 16.0. The lowest BCUT2D eigenvalue weighted by atomic mass is 9.91. The van der Waals surface area contributed by atoms with Crippen molar-refractivity contribution in [2.45, 2.75) is 19.8 Å². The molecule has 0 saturated heterocycles. The first kappa shape index (κ1) is 22.7. The maximum atomic E-state index is 12.1. The number of likely N-dealkylation sites (N-methyl/N-ethyl adjacent to an activating group) is 1. The van der Waals surface area contributed by atoms with Crippen LogP contribution in [-0.2, 0) is 17.6 Å². The van der Waals surface area contributed by atoms with E-state index in [0.717, 1.165) is 47.7 Å². The van der Waals surface area contributed by atoms with Crippen LogP contribution >= 0.6 is 0 Å². The van der Waals surface area contributed by atoms with Crippen molar-refractivity contribution in [1.29, 1.82) is 0 Å². The Kier molecular flexibility index (Phi) is 7.20. The van der Waals surface area contributed by atoms with Crippen LogP contribution in [0.1, 0.15) is 39.5 Å². The highest BCUT2D eigenvalue weighted by atomic mass is 16.5. The summed E-state index contributed by atoms with van der Waals surface area (Å²) < 4.78 is 11.2. The van der Waals surface area contributed by atoms with Gasteiger partial charge in [-0.3, -0.25) is 0 Å². The van der Waals surface area contributed by atoms with Crippen molar-refractivity contribution in [3.8, 4) is 5.75 Å². The van der Waals surface area contributed by atoms with Crippen LogP contribution in [0.4, 0.5) is 5.69 Å². The third kappa shape index (κ3) is 5.49. The van der Waals surface area contributed by atoms with E-state index in [1.165, 1.54) is 11.1 Å². The lowest BCUT2D eigenvalue weighted by molar-refractivity contribution is 0.0526. The molecule has 1 aliphatic heterocycles. The van der Waals surface area contributed by atoms with Crippen LogP contribution in [0.5, 0.6) is 5.75 Å². The molecule has 5 heteroatoms. The highest BCUT2D eigenvalue weighted by Crippen LogP contribution is 2.30. The number of aryl methyl sites for hydroxylation is 2. The zero-order chi connectivity index (χ0) is 23.2. The topological polar surface area (TPSA) is 51.1 Å². The molecule has 0 radical (unpaired) electrons. The Morgan fingerprint density at radius 2 is 1.73 bits per heavy atom. The van der Waals surface area contributed by atoms with Gasteiger partial charge in [0.2, 0.25) is 0 Å². The van der Waals surface area contributed by atoms with Gasteiger partial charge in [0.1, 0.15) is 12.4 Å². The van der Waals surface area contributed by atoms with Gasteiger partial charge in [-0.2, -0.15) is 0 Å². The number of nitrogens with zero attached hydrogens (tertiary/aromatic N) is 2. The minimum atomic E-state index is -0.314. The van der Waals surface area contributed by atoms with Gasteiger partial charge in [-0.25, -0.2) is 9.79 Å². The number of benzene rings is 3. The van der Waals surface area contributed by atoms with Crippen LogP contribution < -0.4 is 4.74 Å². The van der Waals surface area contributed by atoms with E-state index >= 15 is 0 Å². The summed E-state index contributed by atoms with van der Waals surface area (Å²) in [6.45, 7) is 3.63. The predicted molar refractivity (Wildman–Crippen MR) is 132 cm³/mol. The quantitative estimate of drug-likeness (QED) is 0.479. The third-order valence-electron chi connectivity index (χ3n) is 5.70. The van der Waals surface area contributed by atoms with Gasteiger partial charge in [-0.05, 0) is 75.3 Å². The number of rotatable bonds is 7. The molecule has 0 bridgehead atoms. The van der Waals surface area contributed by atoms with Gasteiger partial charge in [0.25, 0.3) is 0 Å². The first-order valence-electron chi connectivity index (χ1n) is 11.4. The molecule has 1 aliphatic rings. The molecule has 0 amide bonds. The van der Waals surface area contributed by atoms with E-state index in [1.54, 1.807) is 12.1 Å². The molecule has 0 unspecified atom stereocenters. The van der Waals surface area contributed by atoms with Gasteiger partial charge in [-0.1, -0.05) is 36.4 Å². The van der Waals surface area contributed by atoms with E-state index in [1.807, 2.05) is 45.3 Å². The summed E-state index contributed by atoms with van der Waals surface area (Å²) in [4.78, 5) is 19.3. The standard InChI is InChI=1S/C28H30N2O3/c1-4-32-28(31)23-13-11-22(12-14-23)27-25-19-24(33-18-17-30(2)3)16-15-20(25)9-10-21-7-5-6-8-26(21)29-27/h5-8,11-16,19H,4,9-10,17-18H2,1-3H3/b29-27-. The number of aliphatic imine (C=N–C) groups is 1. The number of carbonyl (C=O) groups excluding carboxylic acids is 1. The molecular weight excluding hydrogens is 412 g/mol. The van der Waals surface area contributed by atoms with Crippen molar-refractivity contribution in [3.05, 3.63) is 94.5 Å². The van der Waals surface area contributed by atoms with E-state index in [0.29, 0.717) is 18.8 Å². The van der Waals surface area contributed by atoms with Crippen LogP contribution in [0.15, 0.2) is 71.7 Å². The second-order valence-electron chi connectivity index (χ2n) is 8.36. The molecule has 3 aromatic rings. The largest absolute Gasteiger partial charge is 0.492 e. The van der Waals surface area contributed by atoms with Crippen molar-refractivity contribution < 1.29 is 14.3 Å². The number of ether oxygens (including phenoxy) is 2. The highest BCUT2D eigenvalue weighted by molar-refractivity contribution is 6.15. The lowest BCUT2D eigenvalue weighted by Crippen LogP contribution is -2.19. The Balaban J connectivity index is 1.76. The number of esters is 1. The number of hydrogen-bond acceptors (Lipinski definition) is 5. The monoisotopic (exact) mass is 442 g/mol. The second kappa shape index (κ2) is 10.5. The van der Waals surface area contributed by atoms with Crippen LogP contribution in [0.2, 0.25) is 0 Å². The molecule has 0 saturated carbocycles. The number of carbonyl (C=O) groups is 1. The molecule has 3 aromatic carbocycles. The molecule has 1 heterocycles. The fourth-order valence-electron chi connectivity index (χ4n) is 3.91. The summed E-state index contributed by atoms with van der Waals surface area (Å²) in [5, 5.41) is 0. The molecule has 0 aliphatic carbocycles. The molecule has 0 N–H and O–H groups in total. The Hall–Kier alpha value is -3.44. The third-order valence-corrected chi connectivity index (χ3v) is 5.70. The maximum absolute atomic E-state index is 12.1. The van der Waals surface area contributed by atoms with E-state index in [2.05, 4.69) is 35.2 Å². The van der Waals surface area contributed by atoms with Gasteiger partial charge in [-0.15, -0.1) is 0 Å². The van der Waals surface area contributed by atoms with Crippen molar-refractivity contribution in [1.82, 2.24) is 4.90 Å². The second-order valence-corrected chi connectivity index (χ2v) is 8.36. The van der Waals surface area contributed by atoms with Gasteiger partial charge < -0.3 is 14.4 Å². The van der Waals surface area contributed by atoms with Crippen molar-refractivity contribution >= 4 is 17.4 Å². The van der Waals surface area contributed by atoms with Crippen molar-refractivity contribution in [2.24, 2.45) is 4.99 Å². The van der Waals surface area contributed by atoms with Gasteiger partial charge >= 0.3 is 5.97 Å². The van der Waals surface area contributed by atoms with Gasteiger partial charge in [0.15, 0.2) is 0 Å². The van der Waals surface area contributed by atoms with Crippen LogP contribution in [0, 0.1) is 0 Å². The lowest BCUT2D eigenvalue weighted by Gasteiger charge is -2.19. The minimum absolute atomic E-state index is 0.314. The Morgan fingerprint density at radius 3 is 2.48 bits per heavy atom. The normalized spacial score (nSPS) is 14.4. The van der Waals surface area contributed by atoms with Gasteiger partial charge in [0.05, 0.1) is 23.6 Å². The summed E-state index contributed by atoms with van der Waals surface area (Å²) in [5.74, 6) is 0.520. The van der Waals surface area contributed by atoms with Crippen LogP contribution in [0.3, 0.4) is 0 Å². The average molecular weight is 443 g/mol. The fraction of sp³-hybridized carbons (Fsp3) is 0.286. The summed E-state index contributed by atoms with van der Waals surface area (Å²) in [6.07, 6.45) is 1.85. The number of para-hydroxylation sites is 1. The number of fused-ring (bicyclic) bond motifs is 2. The summed E-state index contributed by atoms with van der Waals surface area (Å²) >= 11 is 0. The SMILES string of the molecule is CCOC(=O)c1ccc(/C2=N/c3ccccc3CCc3ccc(OCCN(C)C)cc32)cc1. The number of hydrogen-bond donors (Lipinski definition) is 0. The molecular formula is C28H30N2O3. The molecule has 0 aromatic heterocycles. The smallest absolute Gasteiger partial charge is 0.338 e. The Morgan fingerprint density at radius 1 is 0.970 bits per heavy atom. The fourth-order valence-corrected chi connectivity index (χ4v) is 3.91. The van der Waals surface area contributed by atoms with E-state index < -0.39 is 0 Å². The van der Waals surface area contributed by atoms with E-state index in [4.69, 9.17) is 14.5 Å². The minimum Gasteiger partial charge on any atom is -0.492 e. The maximum Gasteiger partial charge on any atom is 0.338 e. The van der Waals surface area contributed by atoms with E-state index in [9.17, 15) is 4.79 Å². The summed E-state index contributed by atoms with van der Waals surface area (Å²) in [6, 6.07) is 22.1. The highest BCUT2D eigenvalue weighted by Gasteiger charge is 2.18. The first-order valence-corrected chi connectivity index (χ1v) is 11.4. The van der Waals surface area contributed by atoms with Crippen LogP contribution in [0.25, 0.3) is 0 Å². The molecule has 0 atom stereocenters. The molecule has 4 rings (SSSR count). The predicted octanol–water partition coefficient (Wildman–Crippen LogP) is 5.07. The summed E-state index contributed by atoms with van der Waals surface area (Å²) in [5.41, 5.74) is 6.88. The molecule has 5 nitrogen and oxygen atoms in total. The van der Waals surface area contributed by atoms with Crippen molar-refractivity contribution in [3.63, 3.8) is 0 Å². The molecule has 170 valence electrons. The molecule has 33 heavy (non-hydrogen) atoms. The summed E-state index contributed by atoms with van der Waals surface area (Å²) in [7, 11) is 4.07. The Labute approximate surface area is 195 Å².